The molecule has 0 radical (unpaired) electrons. The zero-order chi connectivity index (χ0) is 56.1. The zero-order valence-electron chi connectivity index (χ0n) is 47.2. The molecule has 2 unspecified atom stereocenters. The summed E-state index contributed by atoms with van der Waals surface area (Å²) in [6.07, 6.45) is 10.8. The van der Waals surface area contributed by atoms with Crippen LogP contribution in [0.3, 0.4) is 0 Å². The van der Waals surface area contributed by atoms with Gasteiger partial charge in [-0.15, -0.1) is 11.3 Å². The summed E-state index contributed by atoms with van der Waals surface area (Å²) in [5, 5.41) is 4.57. The molecule has 1 aliphatic heterocycles. The molecule has 0 saturated carbocycles. The van der Waals surface area contributed by atoms with Crippen molar-refractivity contribution < 1.29 is 9.15 Å². The fourth-order valence-electron chi connectivity index (χ4n) is 11.9. The van der Waals surface area contributed by atoms with Gasteiger partial charge in [-0.25, -0.2) is 15.0 Å². The molecule has 1 aliphatic rings. The van der Waals surface area contributed by atoms with Gasteiger partial charge in [-0.05, 0) is 236 Å². The SMILES string of the molecule is C/C(=C\c1cc(Cc2cc3nc(CCc4scc(Cc5cc6nc(C(C)CC7CCCO7)n(Cc7ccc(Cl)cc7)c6cc5C)c4C)n(Cc4ccc(Cl)cc4)c3cc2C)co1)c1nc2cc(C)c(C)cc2n1Cc1ccc(Cl)cc1. The molecule has 0 aliphatic carbocycles. The molecule has 12 heteroatoms. The number of rotatable bonds is 18. The Balaban J connectivity index is 0.790. The number of imidazole rings is 3. The fraction of sp³-hybridized carbons (Fsp3) is 0.290. The van der Waals surface area contributed by atoms with Gasteiger partial charge in [-0.3, -0.25) is 0 Å². The topological polar surface area (TPSA) is 75.8 Å². The Morgan fingerprint density at radius 3 is 1.81 bits per heavy atom. The van der Waals surface area contributed by atoms with E-state index in [1.54, 1.807) is 0 Å². The number of benzene rings is 6. The van der Waals surface area contributed by atoms with Gasteiger partial charge in [0.05, 0.1) is 45.5 Å². The maximum atomic E-state index is 6.39. The molecular weight excluding hydrogens is 1080 g/mol. The molecule has 0 N–H and O–H groups in total. The van der Waals surface area contributed by atoms with E-state index in [0.717, 1.165) is 141 Å². The molecule has 0 spiro atoms. The average molecular weight is 1150 g/mol. The fourth-order valence-corrected chi connectivity index (χ4v) is 13.3. The van der Waals surface area contributed by atoms with Crippen molar-refractivity contribution in [2.75, 3.05) is 6.61 Å². The predicted molar refractivity (Wildman–Crippen MR) is 336 cm³/mol. The van der Waals surface area contributed by atoms with E-state index >= 15 is 0 Å². The maximum absolute atomic E-state index is 6.39. The van der Waals surface area contributed by atoms with Crippen LogP contribution in [0.5, 0.6) is 0 Å². The second kappa shape index (κ2) is 23.3. The predicted octanol–water partition coefficient (Wildman–Crippen LogP) is 18.2. The zero-order valence-corrected chi connectivity index (χ0v) is 50.3. The Labute approximate surface area is 494 Å². The van der Waals surface area contributed by atoms with Crippen molar-refractivity contribution in [1.29, 1.82) is 0 Å². The number of aryl methyl sites for hydroxylation is 6. The molecular formula is C69H67Cl3N6O2S. The number of fused-ring (bicyclic) bond motifs is 3. The van der Waals surface area contributed by atoms with Crippen molar-refractivity contribution in [3.05, 3.63) is 237 Å². The van der Waals surface area contributed by atoms with Crippen molar-refractivity contribution in [1.82, 2.24) is 28.7 Å². The first-order chi connectivity index (χ1) is 39.2. The van der Waals surface area contributed by atoms with Crippen LogP contribution in [0.25, 0.3) is 44.7 Å². The third kappa shape index (κ3) is 11.8. The molecule has 81 heavy (non-hydrogen) atoms. The number of ether oxygens (including phenoxy) is 1. The molecule has 2 atom stereocenters. The minimum atomic E-state index is 0.255. The number of thiophene rings is 1. The van der Waals surface area contributed by atoms with Crippen LogP contribution in [0.15, 0.2) is 131 Å². The quantitative estimate of drug-likeness (QED) is 0.0856. The number of aromatic nitrogens is 6. The number of nitrogens with zero attached hydrogens (tertiary/aromatic N) is 6. The highest BCUT2D eigenvalue weighted by molar-refractivity contribution is 7.10. The first-order valence-electron chi connectivity index (χ1n) is 28.3. The lowest BCUT2D eigenvalue weighted by molar-refractivity contribution is 0.0983. The lowest BCUT2D eigenvalue weighted by atomic mass is 9.98. The first-order valence-corrected chi connectivity index (χ1v) is 30.3. The number of furan rings is 1. The van der Waals surface area contributed by atoms with Crippen molar-refractivity contribution in [2.45, 2.75) is 125 Å². The monoisotopic (exact) mass is 1150 g/mol. The first kappa shape index (κ1) is 54.8. The van der Waals surface area contributed by atoms with E-state index in [4.69, 9.17) is 58.9 Å². The number of hydrogen-bond donors (Lipinski definition) is 0. The van der Waals surface area contributed by atoms with E-state index in [1.165, 1.54) is 66.0 Å². The molecule has 12 rings (SSSR count). The normalized spacial score (nSPS) is 14.4. The molecule has 1 saturated heterocycles. The van der Waals surface area contributed by atoms with Crippen LogP contribution < -0.4 is 0 Å². The Morgan fingerprint density at radius 1 is 0.617 bits per heavy atom. The van der Waals surface area contributed by atoms with E-state index in [0.29, 0.717) is 13.1 Å². The van der Waals surface area contributed by atoms with Crippen LogP contribution in [-0.2, 0) is 50.1 Å². The summed E-state index contributed by atoms with van der Waals surface area (Å²) in [6, 6.07) is 40.3. The summed E-state index contributed by atoms with van der Waals surface area (Å²) in [5.41, 5.74) is 22.3. The highest BCUT2D eigenvalue weighted by Crippen LogP contribution is 2.35. The van der Waals surface area contributed by atoms with Crippen molar-refractivity contribution in [3.8, 4) is 0 Å². The van der Waals surface area contributed by atoms with Crippen LogP contribution in [0, 0.1) is 34.6 Å². The molecule has 0 bridgehead atoms. The van der Waals surface area contributed by atoms with E-state index in [1.807, 2.05) is 54.0 Å². The van der Waals surface area contributed by atoms with E-state index in [-0.39, 0.29) is 12.0 Å². The summed E-state index contributed by atoms with van der Waals surface area (Å²) in [5.74, 6) is 4.15. The number of halogens is 3. The van der Waals surface area contributed by atoms with E-state index in [2.05, 4.69) is 152 Å². The molecule has 412 valence electrons. The highest BCUT2D eigenvalue weighted by atomic mass is 35.5. The largest absolute Gasteiger partial charge is 0.465 e. The second-order valence-corrected chi connectivity index (χ2v) is 24.9. The minimum absolute atomic E-state index is 0.255. The molecule has 1 fully saturated rings. The standard InChI is InChI=1S/C69H67Cl3N6O2S/c1-41-27-60-64(28-42(41)2)77(37-49-12-18-56(71)19-13-49)69(74-60)46(6)26-59-32-51(39-80-59)31-52-34-61-63(29-43(52)3)76(36-48-10-16-55(70)17-11-48)67(73-61)23-22-66-47(7)54(40-81-66)33-53-35-62-65(30-44(53)4)78(38-50-14-20-57(72)21-15-50)68(75-62)45(5)25-58-9-8-24-79-58/h10-21,26-30,32,34-35,39-40,45,58H,8-9,22-25,31,33,36-38H2,1-7H3/b46-26+. The highest BCUT2D eigenvalue weighted by Gasteiger charge is 2.25. The smallest absolute Gasteiger partial charge is 0.137 e. The molecule has 5 aromatic heterocycles. The molecule has 11 aromatic rings. The number of hydrogen-bond acceptors (Lipinski definition) is 6. The van der Waals surface area contributed by atoms with Crippen LogP contribution in [-0.4, -0.2) is 41.4 Å². The van der Waals surface area contributed by atoms with Crippen LogP contribution >= 0.6 is 46.1 Å². The Bertz CT molecular complexity index is 4130. The van der Waals surface area contributed by atoms with Gasteiger partial charge >= 0.3 is 0 Å². The minimum Gasteiger partial charge on any atom is -0.465 e. The van der Waals surface area contributed by atoms with Crippen molar-refractivity contribution in [3.63, 3.8) is 0 Å². The average Bonchev–Trinajstić information content (AvgIpc) is 4.47. The Hall–Kier alpha value is -6.72. The van der Waals surface area contributed by atoms with Crippen LogP contribution in [0.4, 0.5) is 0 Å². The van der Waals surface area contributed by atoms with Gasteiger partial charge in [-0.1, -0.05) is 78.1 Å². The van der Waals surface area contributed by atoms with Crippen molar-refractivity contribution >= 4 is 90.9 Å². The van der Waals surface area contributed by atoms with Gasteiger partial charge < -0.3 is 22.9 Å². The van der Waals surface area contributed by atoms with Gasteiger partial charge in [-0.2, -0.15) is 0 Å². The van der Waals surface area contributed by atoms with E-state index < -0.39 is 0 Å². The van der Waals surface area contributed by atoms with Crippen LogP contribution in [0.1, 0.15) is 134 Å². The molecule has 0 amide bonds. The maximum Gasteiger partial charge on any atom is 0.137 e. The van der Waals surface area contributed by atoms with Gasteiger partial charge in [0, 0.05) is 64.9 Å². The molecule has 8 nitrogen and oxygen atoms in total. The summed E-state index contributed by atoms with van der Waals surface area (Å²) in [6.45, 7) is 18.4. The molecule has 6 heterocycles. The van der Waals surface area contributed by atoms with Gasteiger partial charge in [0.2, 0.25) is 0 Å². The Kier molecular flexibility index (Phi) is 15.8. The Morgan fingerprint density at radius 2 is 1.17 bits per heavy atom. The van der Waals surface area contributed by atoms with Crippen molar-refractivity contribution in [2.24, 2.45) is 0 Å². The van der Waals surface area contributed by atoms with Crippen LogP contribution in [0.2, 0.25) is 15.1 Å². The lowest BCUT2D eigenvalue weighted by Gasteiger charge is -2.18. The third-order valence-corrected chi connectivity index (χ3v) is 18.7. The lowest BCUT2D eigenvalue weighted by Crippen LogP contribution is -2.14. The summed E-state index contributed by atoms with van der Waals surface area (Å²) in [4.78, 5) is 17.4. The van der Waals surface area contributed by atoms with E-state index in [9.17, 15) is 0 Å². The number of allylic oxidation sites excluding steroid dienone is 1. The van der Waals surface area contributed by atoms with Gasteiger partial charge in [0.1, 0.15) is 23.2 Å². The third-order valence-electron chi connectivity index (χ3n) is 16.7. The molecule has 6 aromatic carbocycles. The van der Waals surface area contributed by atoms with Gasteiger partial charge in [0.25, 0.3) is 0 Å². The summed E-state index contributed by atoms with van der Waals surface area (Å²) < 4.78 is 19.5. The van der Waals surface area contributed by atoms with Gasteiger partial charge in [0.15, 0.2) is 0 Å². The second-order valence-electron chi connectivity index (χ2n) is 22.7. The summed E-state index contributed by atoms with van der Waals surface area (Å²) in [7, 11) is 0. The summed E-state index contributed by atoms with van der Waals surface area (Å²) >= 11 is 20.8.